The van der Waals surface area contributed by atoms with E-state index in [2.05, 4.69) is 10.6 Å². The van der Waals surface area contributed by atoms with Crippen LogP contribution >= 0.6 is 23.2 Å². The molecule has 0 heterocycles. The quantitative estimate of drug-likeness (QED) is 0.872. The summed E-state index contributed by atoms with van der Waals surface area (Å²) >= 11 is 11.8. The Hall–Kier alpha value is -2.04. The Kier molecular flexibility index (Phi) is 4.55. The van der Waals surface area contributed by atoms with Crippen molar-refractivity contribution < 1.29 is 9.59 Å². The Labute approximate surface area is 143 Å². The van der Waals surface area contributed by atoms with Crippen LogP contribution in [0, 0.1) is 0 Å². The van der Waals surface area contributed by atoms with Crippen molar-refractivity contribution in [2.24, 2.45) is 0 Å². The molecule has 6 heteroatoms. The molecule has 4 nitrogen and oxygen atoms in total. The third-order valence-electron chi connectivity index (χ3n) is 3.49. The van der Waals surface area contributed by atoms with E-state index in [1.807, 2.05) is 0 Å². The van der Waals surface area contributed by atoms with Crippen LogP contribution in [0.15, 0.2) is 42.5 Å². The van der Waals surface area contributed by atoms with Crippen LogP contribution in [0.1, 0.15) is 33.6 Å². The van der Waals surface area contributed by atoms with E-state index in [0.29, 0.717) is 27.9 Å². The molecule has 0 radical (unpaired) electrons. The molecular formula is C17H14Cl2N2O2. The fraction of sp³-hybridized carbons (Fsp3) is 0.176. The van der Waals surface area contributed by atoms with Crippen LogP contribution < -0.4 is 10.6 Å². The van der Waals surface area contributed by atoms with E-state index in [9.17, 15) is 9.59 Å². The summed E-state index contributed by atoms with van der Waals surface area (Å²) in [7, 11) is 0. The number of carbonyl (C=O) groups is 2. The average molecular weight is 349 g/mol. The molecule has 0 aliphatic heterocycles. The molecule has 118 valence electrons. The first kappa shape index (κ1) is 15.8. The molecule has 0 spiro atoms. The largest absolute Gasteiger partial charge is 0.349 e. The van der Waals surface area contributed by atoms with Crippen LogP contribution in [0.4, 0.5) is 5.69 Å². The van der Waals surface area contributed by atoms with Crippen LogP contribution in [0.2, 0.25) is 10.0 Å². The monoisotopic (exact) mass is 348 g/mol. The highest BCUT2D eigenvalue weighted by molar-refractivity contribution is 6.37. The molecule has 0 bridgehead atoms. The smallest absolute Gasteiger partial charge is 0.257 e. The average Bonchev–Trinajstić information content (AvgIpc) is 3.31. The summed E-state index contributed by atoms with van der Waals surface area (Å²) in [6.07, 6.45) is 2.09. The first-order valence-corrected chi connectivity index (χ1v) is 7.96. The van der Waals surface area contributed by atoms with Crippen LogP contribution in [0.25, 0.3) is 0 Å². The van der Waals surface area contributed by atoms with Gasteiger partial charge >= 0.3 is 0 Å². The van der Waals surface area contributed by atoms with Gasteiger partial charge in [0.15, 0.2) is 0 Å². The Morgan fingerprint density at radius 2 is 1.65 bits per heavy atom. The second-order valence-electron chi connectivity index (χ2n) is 5.40. The van der Waals surface area contributed by atoms with E-state index in [4.69, 9.17) is 23.2 Å². The number of amides is 2. The molecule has 2 aromatic carbocycles. The van der Waals surface area contributed by atoms with E-state index in [1.54, 1.807) is 36.4 Å². The zero-order chi connectivity index (χ0) is 16.4. The van der Waals surface area contributed by atoms with E-state index in [0.717, 1.165) is 12.8 Å². The van der Waals surface area contributed by atoms with Crippen molar-refractivity contribution in [1.82, 2.24) is 5.32 Å². The van der Waals surface area contributed by atoms with Crippen molar-refractivity contribution in [1.29, 1.82) is 0 Å². The predicted molar refractivity (Wildman–Crippen MR) is 91.3 cm³/mol. The van der Waals surface area contributed by atoms with Gasteiger partial charge in [0.25, 0.3) is 11.8 Å². The predicted octanol–water partition coefficient (Wildman–Crippen LogP) is 4.14. The van der Waals surface area contributed by atoms with Gasteiger partial charge in [-0.3, -0.25) is 9.59 Å². The van der Waals surface area contributed by atoms with Crippen molar-refractivity contribution in [3.63, 3.8) is 0 Å². The summed E-state index contributed by atoms with van der Waals surface area (Å²) < 4.78 is 0. The standard InChI is InChI=1S/C17H14Cl2N2O2/c18-11-3-8-14(15(19)9-11)17(23)21-12-4-1-10(2-5-12)16(22)20-13-6-7-13/h1-5,8-9,13H,6-7H2,(H,20,22)(H,21,23). The topological polar surface area (TPSA) is 58.2 Å². The van der Waals surface area contributed by atoms with E-state index in [1.165, 1.54) is 6.07 Å². The van der Waals surface area contributed by atoms with Crippen molar-refractivity contribution in [3.05, 3.63) is 63.6 Å². The number of anilines is 1. The molecular weight excluding hydrogens is 335 g/mol. The van der Waals surface area contributed by atoms with Gasteiger partial charge in [0.2, 0.25) is 0 Å². The lowest BCUT2D eigenvalue weighted by Crippen LogP contribution is -2.25. The van der Waals surface area contributed by atoms with Gasteiger partial charge in [0.05, 0.1) is 10.6 Å². The first-order chi connectivity index (χ1) is 11.0. The Morgan fingerprint density at radius 3 is 2.26 bits per heavy atom. The number of hydrogen-bond acceptors (Lipinski definition) is 2. The fourth-order valence-corrected chi connectivity index (χ4v) is 2.57. The molecule has 2 N–H and O–H groups in total. The molecule has 2 amide bonds. The second kappa shape index (κ2) is 6.60. The molecule has 3 rings (SSSR count). The molecule has 0 unspecified atom stereocenters. The van der Waals surface area contributed by atoms with Crippen molar-refractivity contribution in [2.75, 3.05) is 5.32 Å². The minimum Gasteiger partial charge on any atom is -0.349 e. The Balaban J connectivity index is 1.67. The summed E-state index contributed by atoms with van der Waals surface area (Å²) in [5, 5.41) is 6.41. The van der Waals surface area contributed by atoms with Gasteiger partial charge in [-0.15, -0.1) is 0 Å². The van der Waals surface area contributed by atoms with Crippen molar-refractivity contribution in [3.8, 4) is 0 Å². The number of nitrogens with one attached hydrogen (secondary N) is 2. The number of halogens is 2. The SMILES string of the molecule is O=C(NC1CC1)c1ccc(NC(=O)c2ccc(Cl)cc2Cl)cc1. The maximum atomic E-state index is 12.2. The molecule has 23 heavy (non-hydrogen) atoms. The van der Waals surface area contributed by atoms with Crippen molar-refractivity contribution >= 4 is 40.7 Å². The maximum Gasteiger partial charge on any atom is 0.257 e. The highest BCUT2D eigenvalue weighted by Gasteiger charge is 2.23. The van der Waals surface area contributed by atoms with Gasteiger partial charge in [-0.2, -0.15) is 0 Å². The molecule has 1 saturated carbocycles. The molecule has 0 atom stereocenters. The maximum absolute atomic E-state index is 12.2. The fourth-order valence-electron chi connectivity index (χ4n) is 2.07. The third-order valence-corrected chi connectivity index (χ3v) is 4.04. The minimum atomic E-state index is -0.332. The van der Waals surface area contributed by atoms with Crippen LogP contribution in [0.3, 0.4) is 0 Å². The van der Waals surface area contributed by atoms with E-state index < -0.39 is 0 Å². The molecule has 1 fully saturated rings. The highest BCUT2D eigenvalue weighted by Crippen LogP contribution is 2.22. The van der Waals surface area contributed by atoms with Crippen LogP contribution in [0.5, 0.6) is 0 Å². The van der Waals surface area contributed by atoms with Gasteiger partial charge in [0.1, 0.15) is 0 Å². The summed E-state index contributed by atoms with van der Waals surface area (Å²) in [6, 6.07) is 11.7. The molecule has 2 aromatic rings. The minimum absolute atomic E-state index is 0.0916. The Bertz CT molecular complexity index is 756. The van der Waals surface area contributed by atoms with Gasteiger partial charge < -0.3 is 10.6 Å². The summed E-state index contributed by atoms with van der Waals surface area (Å²) in [5.74, 6) is -0.423. The van der Waals surface area contributed by atoms with Gasteiger partial charge in [-0.1, -0.05) is 23.2 Å². The zero-order valence-electron chi connectivity index (χ0n) is 12.1. The summed E-state index contributed by atoms with van der Waals surface area (Å²) in [5.41, 5.74) is 1.50. The number of benzene rings is 2. The second-order valence-corrected chi connectivity index (χ2v) is 6.25. The number of hydrogen-bond donors (Lipinski definition) is 2. The van der Waals surface area contributed by atoms with Crippen LogP contribution in [-0.4, -0.2) is 17.9 Å². The number of carbonyl (C=O) groups excluding carboxylic acids is 2. The molecule has 0 aromatic heterocycles. The third kappa shape index (κ3) is 4.03. The van der Waals surface area contributed by atoms with Gasteiger partial charge in [0, 0.05) is 22.3 Å². The van der Waals surface area contributed by atoms with Crippen molar-refractivity contribution in [2.45, 2.75) is 18.9 Å². The normalized spacial score (nSPS) is 13.5. The first-order valence-electron chi connectivity index (χ1n) is 7.20. The van der Waals surface area contributed by atoms with E-state index in [-0.39, 0.29) is 16.8 Å². The Morgan fingerprint density at radius 1 is 0.957 bits per heavy atom. The summed E-state index contributed by atoms with van der Waals surface area (Å²) in [6.45, 7) is 0. The summed E-state index contributed by atoms with van der Waals surface area (Å²) in [4.78, 5) is 24.1. The van der Waals surface area contributed by atoms with Crippen LogP contribution in [-0.2, 0) is 0 Å². The molecule has 1 aliphatic rings. The van der Waals surface area contributed by atoms with Gasteiger partial charge in [-0.25, -0.2) is 0 Å². The molecule has 0 saturated heterocycles. The highest BCUT2D eigenvalue weighted by atomic mass is 35.5. The number of rotatable bonds is 4. The lowest BCUT2D eigenvalue weighted by Gasteiger charge is -2.08. The van der Waals surface area contributed by atoms with Gasteiger partial charge in [-0.05, 0) is 55.3 Å². The molecule has 1 aliphatic carbocycles. The lowest BCUT2D eigenvalue weighted by atomic mass is 10.1. The zero-order valence-corrected chi connectivity index (χ0v) is 13.6. The lowest BCUT2D eigenvalue weighted by molar-refractivity contribution is 0.0950. The van der Waals surface area contributed by atoms with E-state index >= 15 is 0 Å².